The lowest BCUT2D eigenvalue weighted by Gasteiger charge is -2.26. The summed E-state index contributed by atoms with van der Waals surface area (Å²) in [6.45, 7) is 4.62. The number of methoxy groups -OCH3 is 1. The van der Waals surface area contributed by atoms with Gasteiger partial charge in [-0.3, -0.25) is 14.5 Å². The normalized spacial score (nSPS) is 14.8. The first kappa shape index (κ1) is 27.6. The van der Waals surface area contributed by atoms with Gasteiger partial charge in [-0.05, 0) is 17.7 Å². The van der Waals surface area contributed by atoms with Crippen molar-refractivity contribution in [3.8, 4) is 0 Å². The summed E-state index contributed by atoms with van der Waals surface area (Å²) in [5.41, 5.74) is 7.16. The summed E-state index contributed by atoms with van der Waals surface area (Å²) < 4.78 is 10.4. The van der Waals surface area contributed by atoms with E-state index < -0.39 is 0 Å². The molecule has 10 heteroatoms. The molecule has 4 N–H and O–H groups in total. The Labute approximate surface area is 184 Å². The van der Waals surface area contributed by atoms with Gasteiger partial charge < -0.3 is 25.8 Å². The zero-order valence-corrected chi connectivity index (χ0v) is 18.4. The van der Waals surface area contributed by atoms with E-state index in [2.05, 4.69) is 15.5 Å². The van der Waals surface area contributed by atoms with Crippen molar-refractivity contribution in [1.82, 2.24) is 10.2 Å². The van der Waals surface area contributed by atoms with Crippen molar-refractivity contribution < 1.29 is 19.1 Å². The highest BCUT2D eigenvalue weighted by Gasteiger charge is 2.13. The molecule has 166 valence electrons. The van der Waals surface area contributed by atoms with Crippen LogP contribution in [0, 0.1) is 0 Å². The number of amides is 2. The van der Waals surface area contributed by atoms with Gasteiger partial charge in [0, 0.05) is 51.9 Å². The number of anilines is 1. The topological polar surface area (TPSA) is 106 Å². The number of ether oxygens (including phenoxy) is 2. The molecular formula is C19H32Cl2N4O4. The lowest BCUT2D eigenvalue weighted by Crippen LogP contribution is -2.38. The van der Waals surface area contributed by atoms with Gasteiger partial charge in [-0.25, -0.2) is 0 Å². The van der Waals surface area contributed by atoms with Crippen LogP contribution in [0.15, 0.2) is 24.3 Å². The molecule has 2 rings (SSSR count). The van der Waals surface area contributed by atoms with E-state index in [4.69, 9.17) is 15.2 Å². The Hall–Kier alpha value is -1.42. The van der Waals surface area contributed by atoms with Crippen LogP contribution in [0.5, 0.6) is 0 Å². The van der Waals surface area contributed by atoms with Crippen molar-refractivity contribution >= 4 is 42.3 Å². The number of nitrogens with zero attached hydrogens (tertiary/aromatic N) is 1. The molecule has 1 heterocycles. The quantitative estimate of drug-likeness (QED) is 0.493. The molecule has 1 saturated heterocycles. The average molecular weight is 451 g/mol. The van der Waals surface area contributed by atoms with Crippen molar-refractivity contribution in [2.45, 2.75) is 25.5 Å². The van der Waals surface area contributed by atoms with E-state index in [9.17, 15) is 9.59 Å². The van der Waals surface area contributed by atoms with Gasteiger partial charge >= 0.3 is 0 Å². The number of nitrogens with two attached hydrogens (primary N) is 1. The zero-order valence-electron chi connectivity index (χ0n) is 16.7. The summed E-state index contributed by atoms with van der Waals surface area (Å²) >= 11 is 0. The molecule has 1 atom stereocenters. The molecule has 0 aliphatic carbocycles. The van der Waals surface area contributed by atoms with E-state index in [1.807, 2.05) is 24.3 Å². The van der Waals surface area contributed by atoms with Gasteiger partial charge in [0.05, 0.1) is 25.7 Å². The van der Waals surface area contributed by atoms with E-state index in [0.29, 0.717) is 19.5 Å². The minimum absolute atomic E-state index is 0. The molecule has 1 aliphatic heterocycles. The summed E-state index contributed by atoms with van der Waals surface area (Å²) in [7, 11) is 1.54. The number of benzene rings is 1. The maximum Gasteiger partial charge on any atom is 0.225 e. The molecule has 1 unspecified atom stereocenters. The Morgan fingerprint density at radius 2 is 1.97 bits per heavy atom. The van der Waals surface area contributed by atoms with Crippen LogP contribution in [0.1, 0.15) is 18.4 Å². The smallest absolute Gasteiger partial charge is 0.225 e. The van der Waals surface area contributed by atoms with E-state index in [1.54, 1.807) is 0 Å². The largest absolute Gasteiger partial charge is 0.380 e. The third-order valence-electron chi connectivity index (χ3n) is 4.47. The molecule has 1 aromatic rings. The molecular weight excluding hydrogens is 419 g/mol. The molecule has 0 spiro atoms. The van der Waals surface area contributed by atoms with Crippen LogP contribution < -0.4 is 16.4 Å². The molecule has 1 aromatic carbocycles. The highest BCUT2D eigenvalue weighted by molar-refractivity contribution is 5.90. The fourth-order valence-electron chi connectivity index (χ4n) is 2.81. The Balaban J connectivity index is 0.00000392. The van der Waals surface area contributed by atoms with Crippen LogP contribution in [0.2, 0.25) is 0 Å². The molecule has 0 radical (unpaired) electrons. The second-order valence-corrected chi connectivity index (χ2v) is 6.53. The second kappa shape index (κ2) is 15.4. The molecule has 29 heavy (non-hydrogen) atoms. The zero-order chi connectivity index (χ0) is 19.5. The molecule has 1 fully saturated rings. The van der Waals surface area contributed by atoms with Gasteiger partial charge in [0.15, 0.2) is 0 Å². The van der Waals surface area contributed by atoms with Crippen LogP contribution >= 0.6 is 24.8 Å². The first-order valence-corrected chi connectivity index (χ1v) is 9.29. The predicted molar refractivity (Wildman–Crippen MR) is 118 cm³/mol. The highest BCUT2D eigenvalue weighted by atomic mass is 35.5. The van der Waals surface area contributed by atoms with Crippen LogP contribution in [0.3, 0.4) is 0 Å². The van der Waals surface area contributed by atoms with Crippen molar-refractivity contribution in [3.05, 3.63) is 29.8 Å². The number of halogens is 2. The number of carbonyl (C=O) groups is 2. The van der Waals surface area contributed by atoms with E-state index >= 15 is 0 Å². The van der Waals surface area contributed by atoms with Gasteiger partial charge in [-0.1, -0.05) is 12.1 Å². The predicted octanol–water partition coefficient (Wildman–Crippen LogP) is 1.17. The summed E-state index contributed by atoms with van der Waals surface area (Å²) in [6, 6.07) is 7.47. The molecule has 8 nitrogen and oxygen atoms in total. The van der Waals surface area contributed by atoms with Crippen LogP contribution in [0.4, 0.5) is 5.69 Å². The number of carbonyl (C=O) groups excluding carboxylic acids is 2. The monoisotopic (exact) mass is 450 g/mol. The maximum absolute atomic E-state index is 12.2. The van der Waals surface area contributed by atoms with E-state index in [-0.39, 0.29) is 49.2 Å². The average Bonchev–Trinajstić information content (AvgIpc) is 2.70. The maximum atomic E-state index is 12.2. The standard InChI is InChI=1S/C19H30N4O4.2ClH/c1-26-17(13-20)12-19(25)21-14-15-3-2-4-16(11-15)22-18(24)5-6-23-7-9-27-10-8-23;;/h2-4,11,17H,5-10,12-14,20H2,1H3,(H,21,25)(H,22,24);2*1H. The highest BCUT2D eigenvalue weighted by Crippen LogP contribution is 2.11. The number of nitrogens with one attached hydrogen (secondary N) is 2. The third kappa shape index (κ3) is 10.8. The fraction of sp³-hybridized carbons (Fsp3) is 0.579. The second-order valence-electron chi connectivity index (χ2n) is 6.53. The van der Waals surface area contributed by atoms with Crippen LogP contribution in [-0.4, -0.2) is 69.3 Å². The van der Waals surface area contributed by atoms with Gasteiger partial charge in [-0.2, -0.15) is 0 Å². The first-order valence-electron chi connectivity index (χ1n) is 9.29. The van der Waals surface area contributed by atoms with E-state index in [1.165, 1.54) is 7.11 Å². The summed E-state index contributed by atoms with van der Waals surface area (Å²) in [6.07, 6.45) is 0.394. The lowest BCUT2D eigenvalue weighted by molar-refractivity contribution is -0.123. The van der Waals surface area contributed by atoms with Gasteiger partial charge in [0.25, 0.3) is 0 Å². The Morgan fingerprint density at radius 1 is 1.24 bits per heavy atom. The SMILES string of the molecule is COC(CN)CC(=O)NCc1cccc(NC(=O)CCN2CCOCC2)c1.Cl.Cl. The number of hydrogen-bond acceptors (Lipinski definition) is 6. The Morgan fingerprint density at radius 3 is 2.62 bits per heavy atom. The molecule has 0 bridgehead atoms. The van der Waals surface area contributed by atoms with Crippen molar-refractivity contribution in [2.24, 2.45) is 5.73 Å². The minimum atomic E-state index is -0.276. The van der Waals surface area contributed by atoms with E-state index in [0.717, 1.165) is 44.1 Å². The molecule has 1 aliphatic rings. The third-order valence-corrected chi connectivity index (χ3v) is 4.47. The molecule has 0 aromatic heterocycles. The lowest BCUT2D eigenvalue weighted by atomic mass is 10.2. The van der Waals surface area contributed by atoms with Crippen molar-refractivity contribution in [1.29, 1.82) is 0 Å². The Bertz CT molecular complexity index is 612. The fourth-order valence-corrected chi connectivity index (χ4v) is 2.81. The number of morpholine rings is 1. The Kier molecular flexibility index (Phi) is 14.7. The molecule has 2 amide bonds. The first-order chi connectivity index (χ1) is 13.1. The number of rotatable bonds is 10. The van der Waals surface area contributed by atoms with Crippen molar-refractivity contribution in [2.75, 3.05) is 51.8 Å². The summed E-state index contributed by atoms with van der Waals surface area (Å²) in [5.74, 6) is -0.138. The van der Waals surface area contributed by atoms with Gasteiger partial charge in [0.2, 0.25) is 11.8 Å². The van der Waals surface area contributed by atoms with Gasteiger partial charge in [0.1, 0.15) is 0 Å². The minimum Gasteiger partial charge on any atom is -0.380 e. The van der Waals surface area contributed by atoms with Crippen LogP contribution in [0.25, 0.3) is 0 Å². The van der Waals surface area contributed by atoms with Crippen LogP contribution in [-0.2, 0) is 25.6 Å². The molecule has 0 saturated carbocycles. The van der Waals surface area contributed by atoms with Gasteiger partial charge in [-0.15, -0.1) is 24.8 Å². The number of hydrogen-bond donors (Lipinski definition) is 3. The van der Waals surface area contributed by atoms with Crippen molar-refractivity contribution in [3.63, 3.8) is 0 Å². The summed E-state index contributed by atoms with van der Waals surface area (Å²) in [4.78, 5) is 26.3. The summed E-state index contributed by atoms with van der Waals surface area (Å²) in [5, 5.41) is 5.75.